The summed E-state index contributed by atoms with van der Waals surface area (Å²) in [7, 11) is 0. The molecule has 3 nitrogen and oxygen atoms in total. The minimum Gasteiger partial charge on any atom is -0.272 e. The van der Waals surface area contributed by atoms with Crippen LogP contribution in [0.5, 0.6) is 0 Å². The minimum atomic E-state index is -0.156. The lowest BCUT2D eigenvalue weighted by atomic mass is 9.75. The zero-order valence-corrected chi connectivity index (χ0v) is 20.6. The van der Waals surface area contributed by atoms with E-state index in [1.807, 2.05) is 43.3 Å². The van der Waals surface area contributed by atoms with Gasteiger partial charge < -0.3 is 0 Å². The van der Waals surface area contributed by atoms with Gasteiger partial charge in [-0.1, -0.05) is 83.1 Å². The van der Waals surface area contributed by atoms with Gasteiger partial charge in [0, 0.05) is 33.1 Å². The quantitative estimate of drug-likeness (QED) is 0.365. The number of carbonyl (C=O) groups excluding carboxylic acids is 1. The molecule has 32 heavy (non-hydrogen) atoms. The van der Waals surface area contributed by atoms with Gasteiger partial charge in [-0.25, -0.2) is 0 Å². The molecule has 1 aromatic heterocycles. The zero-order valence-electron chi connectivity index (χ0n) is 19.8. The molecule has 4 rings (SSSR count). The van der Waals surface area contributed by atoms with Gasteiger partial charge >= 0.3 is 0 Å². The van der Waals surface area contributed by atoms with Crippen LogP contribution in [0.2, 0.25) is 0 Å². The second-order valence-electron chi connectivity index (χ2n) is 9.52. The standard InChI is InChI=1S/C28H34N2OS/c1-18(2)24-17-16-19(3)25-26(24)29-30(27(25)22-12-8-6-9-13-22)28(31)20(4)21(5)32-23-14-10-7-11-15-23/h6-15,18-21,24H,16-17H2,1-5H3/t19-,20?,21?,24+/m1/s1. The fourth-order valence-electron chi connectivity index (χ4n) is 4.81. The molecule has 2 aromatic carbocycles. The first kappa shape index (κ1) is 22.8. The molecule has 0 spiro atoms. The Hall–Kier alpha value is -2.33. The van der Waals surface area contributed by atoms with Gasteiger partial charge in [-0.15, -0.1) is 11.8 Å². The Labute approximate surface area is 196 Å². The van der Waals surface area contributed by atoms with E-state index in [9.17, 15) is 4.79 Å². The van der Waals surface area contributed by atoms with E-state index in [0.29, 0.717) is 17.8 Å². The molecule has 0 amide bonds. The minimum absolute atomic E-state index is 0.0869. The van der Waals surface area contributed by atoms with E-state index in [2.05, 4.69) is 52.0 Å². The third-order valence-electron chi connectivity index (χ3n) is 6.92. The van der Waals surface area contributed by atoms with Crippen molar-refractivity contribution < 1.29 is 4.79 Å². The lowest BCUT2D eigenvalue weighted by Gasteiger charge is -2.28. The summed E-state index contributed by atoms with van der Waals surface area (Å²) in [5, 5.41) is 5.19. The van der Waals surface area contributed by atoms with Crippen LogP contribution in [0.25, 0.3) is 11.3 Å². The van der Waals surface area contributed by atoms with Crippen LogP contribution in [0.3, 0.4) is 0 Å². The molecule has 4 atom stereocenters. The second-order valence-corrected chi connectivity index (χ2v) is 11.0. The first-order valence-corrected chi connectivity index (χ1v) is 12.7. The molecule has 0 saturated carbocycles. The maximum absolute atomic E-state index is 13.9. The van der Waals surface area contributed by atoms with Crippen molar-refractivity contribution in [1.82, 2.24) is 9.78 Å². The zero-order chi connectivity index (χ0) is 22.8. The summed E-state index contributed by atoms with van der Waals surface area (Å²) in [6.45, 7) is 11.0. The molecule has 2 unspecified atom stereocenters. The van der Waals surface area contributed by atoms with Crippen LogP contribution in [0.15, 0.2) is 65.6 Å². The highest BCUT2D eigenvalue weighted by atomic mass is 32.2. The van der Waals surface area contributed by atoms with Crippen LogP contribution in [0, 0.1) is 11.8 Å². The van der Waals surface area contributed by atoms with Crippen LogP contribution in [0.1, 0.15) is 75.3 Å². The molecule has 168 valence electrons. The Kier molecular flexibility index (Phi) is 6.90. The lowest BCUT2D eigenvalue weighted by Crippen LogP contribution is -2.28. The molecule has 0 N–H and O–H groups in total. The van der Waals surface area contributed by atoms with E-state index in [1.54, 1.807) is 16.4 Å². The smallest absolute Gasteiger partial charge is 0.251 e. The summed E-state index contributed by atoms with van der Waals surface area (Å²) in [5.41, 5.74) is 4.51. The first-order valence-electron chi connectivity index (χ1n) is 11.8. The van der Waals surface area contributed by atoms with Gasteiger partial charge in [-0.3, -0.25) is 4.79 Å². The van der Waals surface area contributed by atoms with Gasteiger partial charge in [0.2, 0.25) is 0 Å². The Morgan fingerprint density at radius 1 is 0.969 bits per heavy atom. The van der Waals surface area contributed by atoms with Crippen molar-refractivity contribution in [2.75, 3.05) is 0 Å². The van der Waals surface area contributed by atoms with Crippen LogP contribution in [-0.2, 0) is 0 Å². The Morgan fingerprint density at radius 2 is 1.59 bits per heavy atom. The van der Waals surface area contributed by atoms with Crippen LogP contribution >= 0.6 is 11.8 Å². The van der Waals surface area contributed by atoms with E-state index < -0.39 is 0 Å². The number of rotatable bonds is 6. The highest BCUT2D eigenvalue weighted by Crippen LogP contribution is 2.46. The summed E-state index contributed by atoms with van der Waals surface area (Å²) in [6, 6.07) is 20.7. The van der Waals surface area contributed by atoms with Crippen molar-refractivity contribution in [2.24, 2.45) is 11.8 Å². The predicted octanol–water partition coefficient (Wildman–Crippen LogP) is 7.64. The summed E-state index contributed by atoms with van der Waals surface area (Å²) < 4.78 is 1.75. The van der Waals surface area contributed by atoms with Gasteiger partial charge in [0.15, 0.2) is 0 Å². The van der Waals surface area contributed by atoms with Crippen LogP contribution < -0.4 is 0 Å². The number of fused-ring (bicyclic) bond motifs is 1. The van der Waals surface area contributed by atoms with Crippen molar-refractivity contribution >= 4 is 17.7 Å². The number of hydrogen-bond donors (Lipinski definition) is 0. The highest BCUT2D eigenvalue weighted by Gasteiger charge is 2.36. The van der Waals surface area contributed by atoms with Crippen molar-refractivity contribution in [3.05, 3.63) is 71.9 Å². The fourth-order valence-corrected chi connectivity index (χ4v) is 5.87. The van der Waals surface area contributed by atoms with Crippen molar-refractivity contribution in [1.29, 1.82) is 0 Å². The lowest BCUT2D eigenvalue weighted by molar-refractivity contribution is 0.0830. The Balaban J connectivity index is 1.76. The van der Waals surface area contributed by atoms with E-state index in [-0.39, 0.29) is 17.1 Å². The molecular formula is C28H34N2OS. The van der Waals surface area contributed by atoms with E-state index in [1.165, 1.54) is 10.5 Å². The van der Waals surface area contributed by atoms with Gasteiger partial charge in [0.1, 0.15) is 0 Å². The largest absolute Gasteiger partial charge is 0.272 e. The Bertz CT molecular complexity index is 1060. The molecule has 0 bridgehead atoms. The van der Waals surface area contributed by atoms with Crippen LogP contribution in [0.4, 0.5) is 0 Å². The summed E-state index contributed by atoms with van der Waals surface area (Å²) in [6.07, 6.45) is 2.28. The maximum atomic E-state index is 13.9. The number of carbonyl (C=O) groups is 1. The summed E-state index contributed by atoms with van der Waals surface area (Å²) in [5.74, 6) is 1.25. The van der Waals surface area contributed by atoms with Crippen molar-refractivity contribution in [2.45, 2.75) is 69.4 Å². The van der Waals surface area contributed by atoms with Crippen LogP contribution in [-0.4, -0.2) is 20.9 Å². The maximum Gasteiger partial charge on any atom is 0.251 e. The predicted molar refractivity (Wildman–Crippen MR) is 134 cm³/mol. The van der Waals surface area contributed by atoms with Gasteiger partial charge in [-0.2, -0.15) is 9.78 Å². The molecule has 1 aliphatic carbocycles. The third kappa shape index (κ3) is 4.43. The van der Waals surface area contributed by atoms with Gasteiger partial charge in [-0.05, 0) is 36.8 Å². The van der Waals surface area contributed by atoms with E-state index >= 15 is 0 Å². The topological polar surface area (TPSA) is 34.9 Å². The van der Waals surface area contributed by atoms with Crippen molar-refractivity contribution in [3.63, 3.8) is 0 Å². The third-order valence-corrected chi connectivity index (χ3v) is 8.25. The number of benzene rings is 2. The van der Waals surface area contributed by atoms with E-state index in [0.717, 1.165) is 29.8 Å². The summed E-state index contributed by atoms with van der Waals surface area (Å²) in [4.78, 5) is 15.0. The normalized spacial score (nSPS) is 20.1. The first-order chi connectivity index (χ1) is 15.4. The molecule has 3 aromatic rings. The number of aromatic nitrogens is 2. The van der Waals surface area contributed by atoms with Crippen molar-refractivity contribution in [3.8, 4) is 11.3 Å². The number of nitrogens with zero attached hydrogens (tertiary/aromatic N) is 2. The summed E-state index contributed by atoms with van der Waals surface area (Å²) >= 11 is 1.76. The van der Waals surface area contributed by atoms with E-state index in [4.69, 9.17) is 5.10 Å². The molecule has 0 fully saturated rings. The molecule has 4 heteroatoms. The fraction of sp³-hybridized carbons (Fsp3) is 0.429. The highest BCUT2D eigenvalue weighted by molar-refractivity contribution is 8.00. The Morgan fingerprint density at radius 3 is 2.22 bits per heavy atom. The van der Waals surface area contributed by atoms with Gasteiger partial charge in [0.25, 0.3) is 5.91 Å². The van der Waals surface area contributed by atoms with Gasteiger partial charge in [0.05, 0.1) is 11.4 Å². The molecular weight excluding hydrogens is 412 g/mol. The molecule has 1 heterocycles. The molecule has 0 radical (unpaired) electrons. The average molecular weight is 447 g/mol. The average Bonchev–Trinajstić information content (AvgIpc) is 3.20. The number of hydrogen-bond acceptors (Lipinski definition) is 3. The molecule has 1 aliphatic rings. The molecule has 0 saturated heterocycles. The molecule has 0 aliphatic heterocycles. The SMILES string of the molecule is CC(Sc1ccccc1)C(C)C(=O)n1nc2c(c1-c1ccccc1)[C@H](C)CC[C@H]2C(C)C. The second kappa shape index (κ2) is 9.66. The number of thioether (sulfide) groups is 1. The monoisotopic (exact) mass is 446 g/mol.